The molecule has 0 bridgehead atoms. The fourth-order valence-corrected chi connectivity index (χ4v) is 3.72. The van der Waals surface area contributed by atoms with Crippen LogP contribution >= 0.6 is 0 Å². The smallest absolute Gasteiger partial charge is 0.152 e. The molecule has 0 saturated heterocycles. The largest absolute Gasteiger partial charge is 0.383 e. The van der Waals surface area contributed by atoms with Crippen molar-refractivity contribution >= 4 is 38.8 Å². The van der Waals surface area contributed by atoms with Gasteiger partial charge in [-0.1, -0.05) is 6.07 Å². The third-order valence-corrected chi connectivity index (χ3v) is 5.18. The molecule has 0 atom stereocenters. The number of anilines is 1. The fraction of sp³-hybridized carbons (Fsp3) is 0.143. The summed E-state index contributed by atoms with van der Waals surface area (Å²) in [4.78, 5) is 18.2. The molecule has 5 aromatic rings. The van der Waals surface area contributed by atoms with Crippen molar-refractivity contribution in [1.29, 1.82) is 0 Å². The maximum Gasteiger partial charge on any atom is 0.152 e. The molecule has 1 aromatic carbocycles. The van der Waals surface area contributed by atoms with E-state index >= 15 is 0 Å². The summed E-state index contributed by atoms with van der Waals surface area (Å²) in [7, 11) is 0. The SMILES string of the molecule is Cc1cc2c3c(N)ncnc3n(-c3c(C)ccc4ncccc34)c2nc1C. The van der Waals surface area contributed by atoms with Crippen LogP contribution in [-0.2, 0) is 0 Å². The van der Waals surface area contributed by atoms with E-state index in [0.29, 0.717) is 5.82 Å². The number of hydrogen-bond donors (Lipinski definition) is 1. The summed E-state index contributed by atoms with van der Waals surface area (Å²) < 4.78 is 2.09. The summed E-state index contributed by atoms with van der Waals surface area (Å²) in [5, 5.41) is 2.85. The Labute approximate surface area is 155 Å². The van der Waals surface area contributed by atoms with Crippen LogP contribution in [0, 0.1) is 20.8 Å². The molecule has 6 heteroatoms. The zero-order valence-corrected chi connectivity index (χ0v) is 15.4. The molecule has 0 spiro atoms. The van der Waals surface area contributed by atoms with E-state index in [-0.39, 0.29) is 0 Å². The minimum absolute atomic E-state index is 0.463. The van der Waals surface area contributed by atoms with E-state index < -0.39 is 0 Å². The van der Waals surface area contributed by atoms with Crippen LogP contribution in [0.15, 0.2) is 42.9 Å². The maximum atomic E-state index is 6.25. The van der Waals surface area contributed by atoms with Gasteiger partial charge >= 0.3 is 0 Å². The molecule has 0 amide bonds. The topological polar surface area (TPSA) is 82.5 Å². The van der Waals surface area contributed by atoms with Crippen molar-refractivity contribution in [1.82, 2.24) is 24.5 Å². The molecule has 4 heterocycles. The minimum atomic E-state index is 0.463. The van der Waals surface area contributed by atoms with E-state index in [1.807, 2.05) is 19.1 Å². The van der Waals surface area contributed by atoms with Crippen molar-refractivity contribution in [3.63, 3.8) is 0 Å². The highest BCUT2D eigenvalue weighted by Gasteiger charge is 2.20. The van der Waals surface area contributed by atoms with Crippen LogP contribution < -0.4 is 5.73 Å². The Bertz CT molecular complexity index is 1370. The van der Waals surface area contributed by atoms with Crippen LogP contribution in [0.25, 0.3) is 38.7 Å². The molecule has 0 aliphatic carbocycles. The highest BCUT2D eigenvalue weighted by molar-refractivity contribution is 6.12. The van der Waals surface area contributed by atoms with Gasteiger partial charge in [-0.15, -0.1) is 0 Å². The number of rotatable bonds is 1. The Morgan fingerprint density at radius 1 is 0.889 bits per heavy atom. The number of hydrogen-bond acceptors (Lipinski definition) is 5. The number of benzene rings is 1. The fourth-order valence-electron chi connectivity index (χ4n) is 3.72. The summed E-state index contributed by atoms with van der Waals surface area (Å²) >= 11 is 0. The Morgan fingerprint density at radius 2 is 1.74 bits per heavy atom. The number of nitrogens with two attached hydrogens (primary N) is 1. The standard InChI is InChI=1S/C21H18N6/c1-11-6-7-16-14(5-4-8-23-16)18(11)27-20-15(9-12(2)13(3)26-20)17-19(22)24-10-25-21(17)27/h4-10H,1-3H3,(H2,22,24,25). The van der Waals surface area contributed by atoms with Crippen molar-refractivity contribution < 1.29 is 0 Å². The molecule has 0 unspecified atom stereocenters. The van der Waals surface area contributed by atoms with Crippen LogP contribution in [0.3, 0.4) is 0 Å². The Kier molecular flexibility index (Phi) is 3.18. The molecule has 132 valence electrons. The molecule has 0 radical (unpaired) electrons. The molecule has 0 saturated carbocycles. The van der Waals surface area contributed by atoms with Gasteiger partial charge in [0.05, 0.1) is 16.6 Å². The predicted molar refractivity (Wildman–Crippen MR) is 108 cm³/mol. The Balaban J connectivity index is 2.08. The monoisotopic (exact) mass is 354 g/mol. The third kappa shape index (κ3) is 2.13. The molecule has 6 nitrogen and oxygen atoms in total. The zero-order valence-electron chi connectivity index (χ0n) is 15.4. The Morgan fingerprint density at radius 3 is 2.59 bits per heavy atom. The van der Waals surface area contributed by atoms with Crippen LogP contribution in [0.4, 0.5) is 5.82 Å². The highest BCUT2D eigenvalue weighted by atomic mass is 15.1. The van der Waals surface area contributed by atoms with Crippen LogP contribution in [0.2, 0.25) is 0 Å². The first-order chi connectivity index (χ1) is 13.1. The molecular weight excluding hydrogens is 336 g/mol. The summed E-state index contributed by atoms with van der Waals surface area (Å²) in [6.07, 6.45) is 3.31. The molecule has 5 rings (SSSR count). The average Bonchev–Trinajstić information content (AvgIpc) is 2.96. The molecule has 0 fully saturated rings. The number of aromatic nitrogens is 5. The van der Waals surface area contributed by atoms with Gasteiger partial charge < -0.3 is 5.73 Å². The van der Waals surface area contributed by atoms with Gasteiger partial charge in [0, 0.05) is 22.7 Å². The minimum Gasteiger partial charge on any atom is -0.383 e. The van der Waals surface area contributed by atoms with Crippen molar-refractivity contribution in [3.8, 4) is 5.69 Å². The second kappa shape index (κ2) is 5.48. The van der Waals surface area contributed by atoms with Gasteiger partial charge in [0.15, 0.2) is 5.65 Å². The molecule has 0 aliphatic rings. The normalized spacial score (nSPS) is 11.7. The van der Waals surface area contributed by atoms with E-state index in [0.717, 1.165) is 55.5 Å². The second-order valence-corrected chi connectivity index (χ2v) is 6.86. The van der Waals surface area contributed by atoms with Crippen molar-refractivity contribution in [2.45, 2.75) is 20.8 Å². The van der Waals surface area contributed by atoms with E-state index in [2.05, 4.69) is 51.6 Å². The number of aryl methyl sites for hydroxylation is 3. The molecular formula is C21H18N6. The average molecular weight is 354 g/mol. The van der Waals surface area contributed by atoms with Gasteiger partial charge in [0.2, 0.25) is 0 Å². The molecule has 2 N–H and O–H groups in total. The van der Waals surface area contributed by atoms with E-state index in [1.165, 1.54) is 6.33 Å². The lowest BCUT2D eigenvalue weighted by atomic mass is 10.1. The Hall–Kier alpha value is -3.54. The van der Waals surface area contributed by atoms with Gasteiger partial charge in [-0.2, -0.15) is 0 Å². The first kappa shape index (κ1) is 15.7. The van der Waals surface area contributed by atoms with Crippen LogP contribution in [-0.4, -0.2) is 24.5 Å². The van der Waals surface area contributed by atoms with E-state index in [9.17, 15) is 0 Å². The summed E-state index contributed by atoms with van der Waals surface area (Å²) in [6, 6.07) is 10.3. The van der Waals surface area contributed by atoms with E-state index in [4.69, 9.17) is 10.7 Å². The zero-order chi connectivity index (χ0) is 18.7. The van der Waals surface area contributed by atoms with Gasteiger partial charge in [0.25, 0.3) is 0 Å². The number of nitrogen functional groups attached to an aromatic ring is 1. The van der Waals surface area contributed by atoms with Crippen LogP contribution in [0.5, 0.6) is 0 Å². The van der Waals surface area contributed by atoms with Crippen molar-refractivity contribution in [2.24, 2.45) is 0 Å². The maximum absolute atomic E-state index is 6.25. The lowest BCUT2D eigenvalue weighted by Gasteiger charge is -2.13. The predicted octanol–water partition coefficient (Wildman–Crippen LogP) is 4.02. The van der Waals surface area contributed by atoms with Gasteiger partial charge in [0.1, 0.15) is 17.8 Å². The highest BCUT2D eigenvalue weighted by Crippen LogP contribution is 2.36. The van der Waals surface area contributed by atoms with Crippen molar-refractivity contribution in [2.75, 3.05) is 5.73 Å². The summed E-state index contributed by atoms with van der Waals surface area (Å²) in [5.41, 5.74) is 13.0. The molecule has 27 heavy (non-hydrogen) atoms. The first-order valence-electron chi connectivity index (χ1n) is 8.80. The summed E-state index contributed by atoms with van der Waals surface area (Å²) in [6.45, 7) is 6.16. The van der Waals surface area contributed by atoms with Gasteiger partial charge in [-0.05, 0) is 56.2 Å². The van der Waals surface area contributed by atoms with Gasteiger partial charge in [-0.3, -0.25) is 9.55 Å². The molecule has 4 aromatic heterocycles. The quantitative estimate of drug-likeness (QED) is 0.491. The van der Waals surface area contributed by atoms with Gasteiger partial charge in [-0.25, -0.2) is 15.0 Å². The number of fused-ring (bicyclic) bond motifs is 4. The lowest BCUT2D eigenvalue weighted by Crippen LogP contribution is -2.02. The lowest BCUT2D eigenvalue weighted by molar-refractivity contribution is 1.06. The van der Waals surface area contributed by atoms with Crippen molar-refractivity contribution in [3.05, 3.63) is 59.7 Å². The number of pyridine rings is 2. The van der Waals surface area contributed by atoms with Crippen LogP contribution in [0.1, 0.15) is 16.8 Å². The second-order valence-electron chi connectivity index (χ2n) is 6.86. The van der Waals surface area contributed by atoms with E-state index in [1.54, 1.807) is 6.20 Å². The first-order valence-corrected chi connectivity index (χ1v) is 8.80. The summed E-state index contributed by atoms with van der Waals surface area (Å²) in [5.74, 6) is 0.463. The molecule has 0 aliphatic heterocycles. The third-order valence-electron chi connectivity index (χ3n) is 5.18. The number of nitrogens with zero attached hydrogens (tertiary/aromatic N) is 5.